The Balaban J connectivity index is 1.71. The molecule has 8 heteroatoms. The lowest BCUT2D eigenvalue weighted by Gasteiger charge is -2.23. The molecule has 1 amide bonds. The van der Waals surface area contributed by atoms with Crippen LogP contribution in [0.25, 0.3) is 0 Å². The highest BCUT2D eigenvalue weighted by atomic mass is 32.2. The number of carbonyl (C=O) groups is 1. The molecule has 0 atom stereocenters. The second-order valence-corrected chi connectivity index (χ2v) is 7.92. The maximum absolute atomic E-state index is 12.6. The van der Waals surface area contributed by atoms with Crippen molar-refractivity contribution in [2.45, 2.75) is 11.4 Å². The van der Waals surface area contributed by atoms with Crippen LogP contribution in [0.1, 0.15) is 11.1 Å². The smallest absolute Gasteiger partial charge is 0.285 e. The predicted octanol–water partition coefficient (Wildman–Crippen LogP) is 1.73. The molecule has 2 aromatic carbocycles. The van der Waals surface area contributed by atoms with Crippen molar-refractivity contribution >= 4 is 21.8 Å². The Bertz CT molecular complexity index is 1000. The molecule has 1 aliphatic rings. The number of carbonyl (C=O) groups excluding carboxylic acids is 1. The fourth-order valence-corrected chi connectivity index (χ4v) is 4.15. The van der Waals surface area contributed by atoms with Crippen molar-refractivity contribution in [3.8, 4) is 5.75 Å². The predicted molar refractivity (Wildman–Crippen MR) is 102 cm³/mol. The van der Waals surface area contributed by atoms with Gasteiger partial charge in [-0.1, -0.05) is 24.3 Å². The van der Waals surface area contributed by atoms with Crippen LogP contribution < -0.4 is 4.74 Å². The van der Waals surface area contributed by atoms with E-state index in [9.17, 15) is 13.2 Å². The Morgan fingerprint density at radius 3 is 2.59 bits per heavy atom. The first-order chi connectivity index (χ1) is 12.8. The van der Waals surface area contributed by atoms with Crippen molar-refractivity contribution in [2.75, 3.05) is 27.7 Å². The van der Waals surface area contributed by atoms with Gasteiger partial charge in [0.15, 0.2) is 5.84 Å². The summed E-state index contributed by atoms with van der Waals surface area (Å²) in [6.45, 7) is 0.439. The minimum atomic E-state index is -3.70. The van der Waals surface area contributed by atoms with Crippen LogP contribution >= 0.6 is 0 Å². The number of ether oxygens (including phenoxy) is 1. The van der Waals surface area contributed by atoms with Crippen LogP contribution in [0.2, 0.25) is 0 Å². The zero-order chi connectivity index (χ0) is 19.6. The molecule has 0 spiro atoms. The van der Waals surface area contributed by atoms with E-state index in [2.05, 4.69) is 4.40 Å². The average molecular weight is 387 g/mol. The van der Waals surface area contributed by atoms with Gasteiger partial charge in [0.2, 0.25) is 5.91 Å². The molecule has 0 saturated carbocycles. The molecule has 7 nitrogen and oxygen atoms in total. The molecule has 1 heterocycles. The van der Waals surface area contributed by atoms with Crippen molar-refractivity contribution in [1.29, 1.82) is 0 Å². The molecular formula is C19H21N3O4S. The Hall–Kier alpha value is -2.87. The number of likely N-dealkylation sites (N-methyl/N-ethyl adjacent to an activating group) is 2. The first-order valence-electron chi connectivity index (χ1n) is 8.34. The van der Waals surface area contributed by atoms with Crippen LogP contribution in [0.15, 0.2) is 57.8 Å². The minimum absolute atomic E-state index is 0.0170. The van der Waals surface area contributed by atoms with Gasteiger partial charge in [-0.2, -0.15) is 8.42 Å². The third-order valence-corrected chi connectivity index (χ3v) is 5.65. The summed E-state index contributed by atoms with van der Waals surface area (Å²) in [5.41, 5.74) is 1.46. The fraction of sp³-hybridized carbons (Fsp3) is 0.263. The quantitative estimate of drug-likeness (QED) is 0.781. The van der Waals surface area contributed by atoms with Gasteiger partial charge in [0.05, 0.1) is 13.7 Å². The van der Waals surface area contributed by atoms with Crippen LogP contribution in [0.5, 0.6) is 5.75 Å². The van der Waals surface area contributed by atoms with Gasteiger partial charge in [0.25, 0.3) is 10.0 Å². The molecule has 0 aromatic heterocycles. The van der Waals surface area contributed by atoms with E-state index in [0.29, 0.717) is 12.1 Å². The Morgan fingerprint density at radius 1 is 1.11 bits per heavy atom. The van der Waals surface area contributed by atoms with Gasteiger partial charge in [-0.3, -0.25) is 4.79 Å². The number of sulfonamides is 1. The highest BCUT2D eigenvalue weighted by molar-refractivity contribution is 7.90. The van der Waals surface area contributed by atoms with Gasteiger partial charge in [-0.15, -0.1) is 4.40 Å². The molecule has 3 rings (SSSR count). The number of benzene rings is 2. The first-order valence-corrected chi connectivity index (χ1v) is 9.78. The zero-order valence-corrected chi connectivity index (χ0v) is 16.2. The summed E-state index contributed by atoms with van der Waals surface area (Å²) in [5.74, 6) is 0.867. The van der Waals surface area contributed by atoms with Crippen LogP contribution in [0.3, 0.4) is 0 Å². The zero-order valence-electron chi connectivity index (χ0n) is 15.4. The maximum Gasteiger partial charge on any atom is 0.285 e. The van der Waals surface area contributed by atoms with E-state index in [-0.39, 0.29) is 23.2 Å². The number of amides is 1. The Kier molecular flexibility index (Phi) is 5.18. The molecule has 0 radical (unpaired) electrons. The molecule has 0 aliphatic carbocycles. The second kappa shape index (κ2) is 7.40. The van der Waals surface area contributed by atoms with E-state index in [1.54, 1.807) is 49.2 Å². The molecule has 0 N–H and O–H groups in total. The highest BCUT2D eigenvalue weighted by Gasteiger charge is 2.31. The fourth-order valence-electron chi connectivity index (χ4n) is 2.90. The van der Waals surface area contributed by atoms with E-state index in [4.69, 9.17) is 4.74 Å². The van der Waals surface area contributed by atoms with Gasteiger partial charge in [-0.05, 0) is 29.8 Å². The average Bonchev–Trinajstić information content (AvgIpc) is 2.93. The normalized spacial score (nSPS) is 14.3. The molecule has 0 unspecified atom stereocenters. The minimum Gasteiger partial charge on any atom is -0.497 e. The van der Waals surface area contributed by atoms with Crippen molar-refractivity contribution in [3.05, 3.63) is 59.7 Å². The lowest BCUT2D eigenvalue weighted by Crippen LogP contribution is -2.39. The monoisotopic (exact) mass is 387 g/mol. The number of hydrogen-bond acceptors (Lipinski definition) is 5. The number of nitrogens with zero attached hydrogens (tertiary/aromatic N) is 3. The topological polar surface area (TPSA) is 79.3 Å². The van der Waals surface area contributed by atoms with Crippen molar-refractivity contribution in [3.63, 3.8) is 0 Å². The van der Waals surface area contributed by atoms with Crippen LogP contribution in [-0.2, 0) is 21.4 Å². The van der Waals surface area contributed by atoms with Crippen molar-refractivity contribution < 1.29 is 17.9 Å². The van der Waals surface area contributed by atoms with Crippen LogP contribution in [0, 0.1) is 0 Å². The summed E-state index contributed by atoms with van der Waals surface area (Å²) in [6.07, 6.45) is 0. The SMILES string of the molecule is COc1cccc(CN(C)C(=O)CN(C)C2=NS(=O)(=O)c3ccccc32)c1. The van der Waals surface area contributed by atoms with Crippen LogP contribution in [0.4, 0.5) is 0 Å². The van der Waals surface area contributed by atoms with E-state index in [1.807, 2.05) is 24.3 Å². The Labute approximate surface area is 158 Å². The first kappa shape index (κ1) is 18.9. The summed E-state index contributed by atoms with van der Waals surface area (Å²) in [4.78, 5) is 15.9. The molecule has 27 heavy (non-hydrogen) atoms. The number of methoxy groups -OCH3 is 1. The highest BCUT2D eigenvalue weighted by Crippen LogP contribution is 2.26. The van der Waals surface area contributed by atoms with Gasteiger partial charge in [0.1, 0.15) is 10.6 Å². The second-order valence-electron chi connectivity index (χ2n) is 6.34. The largest absolute Gasteiger partial charge is 0.497 e. The molecule has 142 valence electrons. The third kappa shape index (κ3) is 3.95. The maximum atomic E-state index is 12.6. The standard InChI is InChI=1S/C19H21N3O4S/c1-21(12-14-7-6-8-15(11-14)26-3)18(23)13-22(2)19-16-9-4-5-10-17(16)27(24,25)20-19/h4-11H,12-13H2,1-3H3. The summed E-state index contributed by atoms with van der Waals surface area (Å²) < 4.78 is 33.4. The summed E-state index contributed by atoms with van der Waals surface area (Å²) in [5, 5.41) is 0. The van der Waals surface area contributed by atoms with Gasteiger partial charge < -0.3 is 14.5 Å². The van der Waals surface area contributed by atoms with E-state index in [0.717, 1.165) is 11.3 Å². The molecule has 2 aromatic rings. The molecule has 1 aliphatic heterocycles. The molecule has 0 fully saturated rings. The van der Waals surface area contributed by atoms with E-state index >= 15 is 0 Å². The number of amidine groups is 1. The lowest BCUT2D eigenvalue weighted by molar-refractivity contribution is -0.130. The number of hydrogen-bond donors (Lipinski definition) is 0. The summed E-state index contributed by atoms with van der Waals surface area (Å²) in [6, 6.07) is 14.1. The third-order valence-electron chi connectivity index (χ3n) is 4.33. The van der Waals surface area contributed by atoms with E-state index < -0.39 is 10.0 Å². The molecular weight excluding hydrogens is 366 g/mol. The van der Waals surface area contributed by atoms with Crippen molar-refractivity contribution in [1.82, 2.24) is 9.80 Å². The van der Waals surface area contributed by atoms with Crippen LogP contribution in [-0.4, -0.2) is 57.7 Å². The summed E-state index contributed by atoms with van der Waals surface area (Å²) in [7, 11) is 1.26. The number of fused-ring (bicyclic) bond motifs is 1. The Morgan fingerprint density at radius 2 is 1.85 bits per heavy atom. The molecule has 0 bridgehead atoms. The van der Waals surface area contributed by atoms with Gasteiger partial charge in [0, 0.05) is 26.2 Å². The molecule has 0 saturated heterocycles. The van der Waals surface area contributed by atoms with Crippen molar-refractivity contribution in [2.24, 2.45) is 4.40 Å². The summed E-state index contributed by atoms with van der Waals surface area (Å²) >= 11 is 0. The number of rotatable bonds is 5. The van der Waals surface area contributed by atoms with E-state index in [1.165, 1.54) is 6.07 Å². The van der Waals surface area contributed by atoms with Gasteiger partial charge >= 0.3 is 0 Å². The lowest BCUT2D eigenvalue weighted by atomic mass is 10.2. The van der Waals surface area contributed by atoms with Gasteiger partial charge in [-0.25, -0.2) is 0 Å².